The van der Waals surface area contributed by atoms with E-state index >= 15 is 0 Å². The molecule has 0 unspecified atom stereocenters. The fourth-order valence-corrected chi connectivity index (χ4v) is 1.03. The van der Waals surface area contributed by atoms with Crippen molar-refractivity contribution in [2.75, 3.05) is 52.8 Å². The van der Waals surface area contributed by atoms with Gasteiger partial charge in [0.25, 0.3) is 0 Å². The third kappa shape index (κ3) is 14.9. The van der Waals surface area contributed by atoms with Crippen LogP contribution < -0.4 is 5.32 Å². The van der Waals surface area contributed by atoms with Gasteiger partial charge in [-0.05, 0) is 0 Å². The van der Waals surface area contributed by atoms with Crippen molar-refractivity contribution >= 4 is 5.91 Å². The van der Waals surface area contributed by atoms with Crippen LogP contribution >= 0.6 is 0 Å². The molecule has 6 heteroatoms. The normalized spacial score (nSPS) is 10.1. The van der Waals surface area contributed by atoms with Crippen molar-refractivity contribution in [3.8, 4) is 0 Å². The Labute approximate surface area is 108 Å². The van der Waals surface area contributed by atoms with E-state index in [2.05, 4.69) is 11.9 Å². The maximum absolute atomic E-state index is 10.5. The smallest absolute Gasteiger partial charge is 0.216 e. The van der Waals surface area contributed by atoms with Gasteiger partial charge < -0.3 is 24.3 Å². The summed E-state index contributed by atoms with van der Waals surface area (Å²) in [6, 6.07) is 0. The lowest BCUT2D eigenvalue weighted by Gasteiger charge is -2.07. The molecule has 0 fully saturated rings. The van der Waals surface area contributed by atoms with Crippen molar-refractivity contribution in [2.24, 2.45) is 0 Å². The molecule has 106 valence electrons. The minimum Gasteiger partial charge on any atom is -0.499 e. The summed E-state index contributed by atoms with van der Waals surface area (Å²) in [5.74, 6) is -0.0487. The van der Waals surface area contributed by atoms with Crippen molar-refractivity contribution < 1.29 is 23.7 Å². The van der Waals surface area contributed by atoms with Crippen molar-refractivity contribution in [2.45, 2.75) is 6.92 Å². The molecular weight excluding hydrogens is 238 g/mol. The van der Waals surface area contributed by atoms with Crippen LogP contribution in [-0.4, -0.2) is 58.7 Å². The van der Waals surface area contributed by atoms with Crippen LogP contribution in [0.2, 0.25) is 0 Å². The topological polar surface area (TPSA) is 66.0 Å². The first-order valence-corrected chi connectivity index (χ1v) is 5.97. The van der Waals surface area contributed by atoms with Gasteiger partial charge >= 0.3 is 0 Å². The van der Waals surface area contributed by atoms with Crippen LogP contribution in [0, 0.1) is 0 Å². The van der Waals surface area contributed by atoms with E-state index < -0.39 is 0 Å². The predicted molar refractivity (Wildman–Crippen MR) is 67.3 cm³/mol. The van der Waals surface area contributed by atoms with Gasteiger partial charge in [0.1, 0.15) is 6.61 Å². The van der Waals surface area contributed by atoms with Gasteiger partial charge in [0, 0.05) is 13.5 Å². The molecule has 1 N–H and O–H groups in total. The third-order valence-electron chi connectivity index (χ3n) is 1.83. The summed E-state index contributed by atoms with van der Waals surface area (Å²) in [7, 11) is 0. The summed E-state index contributed by atoms with van der Waals surface area (Å²) in [6.45, 7) is 9.06. The molecule has 0 aromatic rings. The lowest BCUT2D eigenvalue weighted by molar-refractivity contribution is -0.119. The van der Waals surface area contributed by atoms with Gasteiger partial charge in [-0.3, -0.25) is 4.79 Å². The first-order valence-electron chi connectivity index (χ1n) is 5.97. The maximum Gasteiger partial charge on any atom is 0.216 e. The lowest BCUT2D eigenvalue weighted by Crippen LogP contribution is -2.25. The summed E-state index contributed by atoms with van der Waals surface area (Å²) >= 11 is 0. The maximum atomic E-state index is 10.5. The molecule has 0 heterocycles. The summed E-state index contributed by atoms with van der Waals surface area (Å²) in [6.07, 6.45) is 1.39. The van der Waals surface area contributed by atoms with E-state index in [0.29, 0.717) is 52.8 Å². The molecule has 18 heavy (non-hydrogen) atoms. The Kier molecular flexibility index (Phi) is 13.1. The highest BCUT2D eigenvalue weighted by Crippen LogP contribution is 1.82. The number of amides is 1. The first-order chi connectivity index (χ1) is 8.77. The minimum atomic E-state index is -0.0487. The van der Waals surface area contributed by atoms with Gasteiger partial charge in [0.2, 0.25) is 5.91 Å². The third-order valence-corrected chi connectivity index (χ3v) is 1.83. The van der Waals surface area contributed by atoms with Gasteiger partial charge in [-0.2, -0.15) is 0 Å². The number of carbonyl (C=O) groups excluding carboxylic acids is 1. The Hall–Kier alpha value is -1.11. The SMILES string of the molecule is C=COCCOCCOCCOCCNC(C)=O. The summed E-state index contributed by atoms with van der Waals surface area (Å²) in [4.78, 5) is 10.5. The van der Waals surface area contributed by atoms with Gasteiger partial charge in [0.05, 0.1) is 45.9 Å². The van der Waals surface area contributed by atoms with Crippen LogP contribution in [0.15, 0.2) is 12.8 Å². The van der Waals surface area contributed by atoms with Crippen molar-refractivity contribution in [1.29, 1.82) is 0 Å². The van der Waals surface area contributed by atoms with E-state index in [4.69, 9.17) is 18.9 Å². The molecule has 0 spiro atoms. The Morgan fingerprint density at radius 2 is 1.50 bits per heavy atom. The highest BCUT2D eigenvalue weighted by atomic mass is 16.6. The highest BCUT2D eigenvalue weighted by Gasteiger charge is 1.93. The second-order valence-electron chi connectivity index (χ2n) is 3.36. The Morgan fingerprint density at radius 3 is 2.00 bits per heavy atom. The zero-order chi connectivity index (χ0) is 13.5. The molecule has 6 nitrogen and oxygen atoms in total. The number of hydrogen-bond donors (Lipinski definition) is 1. The molecule has 0 rings (SSSR count). The van der Waals surface area contributed by atoms with E-state index in [-0.39, 0.29) is 5.91 Å². The molecule has 0 saturated carbocycles. The van der Waals surface area contributed by atoms with Crippen molar-refractivity contribution in [3.63, 3.8) is 0 Å². The number of nitrogens with one attached hydrogen (secondary N) is 1. The fraction of sp³-hybridized carbons (Fsp3) is 0.750. The molecule has 0 atom stereocenters. The van der Waals surface area contributed by atoms with E-state index in [9.17, 15) is 4.79 Å². The second kappa shape index (κ2) is 14.0. The van der Waals surface area contributed by atoms with Gasteiger partial charge in [-0.1, -0.05) is 6.58 Å². The summed E-state index contributed by atoms with van der Waals surface area (Å²) in [5.41, 5.74) is 0. The second-order valence-corrected chi connectivity index (χ2v) is 3.36. The van der Waals surface area contributed by atoms with Crippen molar-refractivity contribution in [1.82, 2.24) is 5.32 Å². The van der Waals surface area contributed by atoms with Crippen LogP contribution in [0.25, 0.3) is 0 Å². The number of hydrogen-bond acceptors (Lipinski definition) is 5. The summed E-state index contributed by atoms with van der Waals surface area (Å²) in [5, 5.41) is 2.64. The molecule has 1 amide bonds. The Bertz CT molecular complexity index is 211. The number of ether oxygens (including phenoxy) is 4. The molecule has 0 radical (unpaired) electrons. The van der Waals surface area contributed by atoms with Crippen LogP contribution in [0.3, 0.4) is 0 Å². The number of rotatable bonds is 13. The van der Waals surface area contributed by atoms with Crippen LogP contribution in [-0.2, 0) is 23.7 Å². The molecule has 0 aromatic heterocycles. The van der Waals surface area contributed by atoms with E-state index in [0.717, 1.165) is 0 Å². The van der Waals surface area contributed by atoms with Crippen molar-refractivity contribution in [3.05, 3.63) is 12.8 Å². The van der Waals surface area contributed by atoms with Crippen LogP contribution in [0.1, 0.15) is 6.92 Å². The minimum absolute atomic E-state index is 0.0487. The molecule has 0 aliphatic rings. The predicted octanol–water partition coefficient (Wildman–Crippen LogP) is 0.332. The standard InChI is InChI=1S/C12H23NO5/c1-3-15-6-7-17-10-11-18-9-8-16-5-4-13-12(2)14/h3H,1,4-11H2,2H3,(H,13,14). The zero-order valence-corrected chi connectivity index (χ0v) is 11.0. The molecule has 0 aliphatic carbocycles. The van der Waals surface area contributed by atoms with Gasteiger partial charge in [0.15, 0.2) is 0 Å². The average molecular weight is 261 g/mol. The van der Waals surface area contributed by atoms with E-state index in [1.54, 1.807) is 0 Å². The lowest BCUT2D eigenvalue weighted by atomic mass is 10.6. The average Bonchev–Trinajstić information content (AvgIpc) is 2.34. The molecule has 0 saturated heterocycles. The molecular formula is C12H23NO5. The first kappa shape index (κ1) is 16.9. The van der Waals surface area contributed by atoms with Gasteiger partial charge in [-0.25, -0.2) is 0 Å². The molecule has 0 aliphatic heterocycles. The monoisotopic (exact) mass is 261 g/mol. The van der Waals surface area contributed by atoms with Crippen LogP contribution in [0.4, 0.5) is 0 Å². The molecule has 0 aromatic carbocycles. The Balaban J connectivity index is 2.94. The number of carbonyl (C=O) groups is 1. The molecule has 0 bridgehead atoms. The largest absolute Gasteiger partial charge is 0.499 e. The van der Waals surface area contributed by atoms with Crippen LogP contribution in [0.5, 0.6) is 0 Å². The summed E-state index contributed by atoms with van der Waals surface area (Å²) < 4.78 is 20.6. The highest BCUT2D eigenvalue weighted by molar-refractivity contribution is 5.72. The van der Waals surface area contributed by atoms with Gasteiger partial charge in [-0.15, -0.1) is 0 Å². The Morgan fingerprint density at radius 1 is 1.00 bits per heavy atom. The van der Waals surface area contributed by atoms with E-state index in [1.165, 1.54) is 13.2 Å². The fourth-order valence-electron chi connectivity index (χ4n) is 1.03. The zero-order valence-electron chi connectivity index (χ0n) is 11.0. The quantitative estimate of drug-likeness (QED) is 0.382. The van der Waals surface area contributed by atoms with E-state index in [1.807, 2.05) is 0 Å².